The molecule has 0 saturated heterocycles. The minimum Gasteiger partial charge on any atom is -0.325 e. The van der Waals surface area contributed by atoms with Gasteiger partial charge in [0.25, 0.3) is 0 Å². The molecule has 1 unspecified atom stereocenters. The third-order valence-electron chi connectivity index (χ3n) is 2.92. The van der Waals surface area contributed by atoms with Crippen LogP contribution in [0.25, 0.3) is 0 Å². The molecule has 0 fully saturated rings. The van der Waals surface area contributed by atoms with Gasteiger partial charge in [-0.1, -0.05) is 39.8 Å². The van der Waals surface area contributed by atoms with Gasteiger partial charge in [-0.15, -0.1) is 3.89 Å². The van der Waals surface area contributed by atoms with E-state index in [1.807, 2.05) is 6.92 Å². The molecule has 0 aliphatic heterocycles. The highest BCUT2D eigenvalue weighted by Crippen LogP contribution is 2.27. The van der Waals surface area contributed by atoms with Crippen molar-refractivity contribution in [1.29, 1.82) is 0 Å². The lowest BCUT2D eigenvalue weighted by Gasteiger charge is -2.22. The lowest BCUT2D eigenvalue weighted by Crippen LogP contribution is -2.19. The topological polar surface area (TPSA) is 63.2 Å². The molecule has 1 rings (SSSR count). The molecule has 1 amide bonds. The molecule has 0 radical (unpaired) electrons. The van der Waals surface area contributed by atoms with E-state index in [0.717, 1.165) is 12.5 Å². The van der Waals surface area contributed by atoms with Crippen LogP contribution in [0.3, 0.4) is 0 Å². The number of rotatable bonds is 5. The summed E-state index contributed by atoms with van der Waals surface area (Å²) in [5.74, 6) is -0.165. The van der Waals surface area contributed by atoms with Crippen LogP contribution in [0, 0.1) is 11.3 Å². The molecule has 1 aromatic rings. The maximum atomic E-state index is 13.1. The zero-order chi connectivity index (χ0) is 16.3. The number of benzene rings is 1. The van der Waals surface area contributed by atoms with Gasteiger partial charge in [0.05, 0.1) is 5.69 Å². The van der Waals surface area contributed by atoms with E-state index >= 15 is 0 Å². The Morgan fingerprint density at radius 2 is 1.86 bits per heavy atom. The van der Waals surface area contributed by atoms with Gasteiger partial charge in [0.1, 0.15) is 4.90 Å². The lowest BCUT2D eigenvalue weighted by atomic mass is 9.84. The standard InChI is InChI=1S/C15H22FNO3S/c1-11(10-15(2,3)4)9-14(18)17-12-7-5-6-8-13(12)21(16,19)20/h5-8,11H,9-10H2,1-4H3,(H,17,18). The predicted octanol–water partition coefficient (Wildman–Crippen LogP) is 3.75. The van der Waals surface area contributed by atoms with E-state index in [0.29, 0.717) is 0 Å². The van der Waals surface area contributed by atoms with Gasteiger partial charge in [-0.2, -0.15) is 8.42 Å². The highest BCUT2D eigenvalue weighted by molar-refractivity contribution is 7.86. The zero-order valence-corrected chi connectivity index (χ0v) is 13.6. The van der Waals surface area contributed by atoms with Gasteiger partial charge in [0.15, 0.2) is 0 Å². The highest BCUT2D eigenvalue weighted by atomic mass is 32.3. The number of carbonyl (C=O) groups excluding carboxylic acids is 1. The van der Waals surface area contributed by atoms with Crippen molar-refractivity contribution in [2.45, 2.75) is 45.4 Å². The summed E-state index contributed by atoms with van der Waals surface area (Å²) in [5, 5.41) is 2.48. The number of para-hydroxylation sites is 1. The maximum Gasteiger partial charge on any atom is 0.334 e. The molecule has 0 aliphatic carbocycles. The summed E-state index contributed by atoms with van der Waals surface area (Å²) in [4.78, 5) is 11.4. The largest absolute Gasteiger partial charge is 0.334 e. The second kappa shape index (κ2) is 6.56. The second-order valence-electron chi connectivity index (χ2n) is 6.56. The summed E-state index contributed by atoms with van der Waals surface area (Å²) in [6.45, 7) is 8.23. The molecule has 6 heteroatoms. The zero-order valence-electron chi connectivity index (χ0n) is 12.8. The van der Waals surface area contributed by atoms with Crippen LogP contribution in [-0.4, -0.2) is 14.3 Å². The Labute approximate surface area is 126 Å². The van der Waals surface area contributed by atoms with Crippen molar-refractivity contribution in [3.8, 4) is 0 Å². The molecule has 4 nitrogen and oxygen atoms in total. The number of hydrogen-bond acceptors (Lipinski definition) is 3. The van der Waals surface area contributed by atoms with Crippen LogP contribution in [0.2, 0.25) is 0 Å². The van der Waals surface area contributed by atoms with Crippen LogP contribution in [0.4, 0.5) is 9.57 Å². The number of halogens is 1. The van der Waals surface area contributed by atoms with Crippen LogP contribution in [0.15, 0.2) is 29.2 Å². The molecule has 0 aliphatic rings. The van der Waals surface area contributed by atoms with Crippen molar-refractivity contribution in [1.82, 2.24) is 0 Å². The summed E-state index contributed by atoms with van der Waals surface area (Å²) in [5.41, 5.74) is 0.0906. The Morgan fingerprint density at radius 1 is 1.29 bits per heavy atom. The molecule has 1 aromatic carbocycles. The van der Waals surface area contributed by atoms with Gasteiger partial charge in [-0.25, -0.2) is 0 Å². The molecule has 0 saturated carbocycles. The smallest absolute Gasteiger partial charge is 0.325 e. The summed E-state index contributed by atoms with van der Waals surface area (Å²) < 4.78 is 35.2. The monoisotopic (exact) mass is 315 g/mol. The van der Waals surface area contributed by atoms with Crippen LogP contribution < -0.4 is 5.32 Å². The SMILES string of the molecule is CC(CC(=O)Nc1ccccc1S(=O)(=O)F)CC(C)(C)C. The first-order valence-corrected chi connectivity index (χ1v) is 8.21. The lowest BCUT2D eigenvalue weighted by molar-refractivity contribution is -0.117. The summed E-state index contributed by atoms with van der Waals surface area (Å²) in [6.07, 6.45) is 1.13. The molecule has 0 spiro atoms. The number of carbonyl (C=O) groups is 1. The average Bonchev–Trinajstić information content (AvgIpc) is 2.24. The van der Waals surface area contributed by atoms with Gasteiger partial charge in [-0.05, 0) is 29.9 Å². The summed E-state index contributed by atoms with van der Waals surface area (Å²) >= 11 is 0. The quantitative estimate of drug-likeness (QED) is 0.842. The molecule has 0 bridgehead atoms. The molecule has 0 heterocycles. The van der Waals surface area contributed by atoms with E-state index in [9.17, 15) is 17.1 Å². The molecular formula is C15H22FNO3S. The molecule has 1 atom stereocenters. The fraction of sp³-hybridized carbons (Fsp3) is 0.533. The van der Waals surface area contributed by atoms with E-state index in [1.165, 1.54) is 12.1 Å². The van der Waals surface area contributed by atoms with E-state index in [2.05, 4.69) is 26.1 Å². The third-order valence-corrected chi connectivity index (χ3v) is 3.80. The van der Waals surface area contributed by atoms with Crippen molar-refractivity contribution in [2.75, 3.05) is 5.32 Å². The van der Waals surface area contributed by atoms with E-state index in [-0.39, 0.29) is 29.3 Å². The fourth-order valence-corrected chi connectivity index (χ4v) is 3.04. The van der Waals surface area contributed by atoms with Gasteiger partial charge in [0.2, 0.25) is 5.91 Å². The second-order valence-corrected chi connectivity index (χ2v) is 7.87. The fourth-order valence-electron chi connectivity index (χ4n) is 2.42. The molecular weight excluding hydrogens is 293 g/mol. The van der Waals surface area contributed by atoms with Gasteiger partial charge >= 0.3 is 10.2 Å². The predicted molar refractivity (Wildman–Crippen MR) is 81.2 cm³/mol. The van der Waals surface area contributed by atoms with Crippen molar-refractivity contribution >= 4 is 21.8 Å². The van der Waals surface area contributed by atoms with E-state index in [1.54, 1.807) is 6.07 Å². The first-order valence-electron chi connectivity index (χ1n) is 6.82. The Morgan fingerprint density at radius 3 is 2.38 bits per heavy atom. The highest BCUT2D eigenvalue weighted by Gasteiger charge is 2.21. The Kier molecular flexibility index (Phi) is 5.50. The first kappa shape index (κ1) is 17.6. The number of amides is 1. The average molecular weight is 315 g/mol. The first-order chi connectivity index (χ1) is 9.49. The van der Waals surface area contributed by atoms with Gasteiger partial charge < -0.3 is 5.32 Å². The molecule has 0 aromatic heterocycles. The van der Waals surface area contributed by atoms with Crippen LogP contribution in [0.5, 0.6) is 0 Å². The van der Waals surface area contributed by atoms with Gasteiger partial charge in [0, 0.05) is 6.42 Å². The van der Waals surface area contributed by atoms with Crippen LogP contribution in [-0.2, 0) is 15.0 Å². The Balaban J connectivity index is 2.77. The Hall–Kier alpha value is -1.43. The number of hydrogen-bond donors (Lipinski definition) is 1. The maximum absolute atomic E-state index is 13.1. The van der Waals surface area contributed by atoms with Crippen molar-refractivity contribution in [3.05, 3.63) is 24.3 Å². The normalized spacial score (nSPS) is 13.8. The molecule has 1 N–H and O–H groups in total. The van der Waals surface area contributed by atoms with Crippen molar-refractivity contribution in [2.24, 2.45) is 11.3 Å². The third kappa shape index (κ3) is 6.25. The summed E-state index contributed by atoms with van der Waals surface area (Å²) in [6, 6.07) is 5.45. The van der Waals surface area contributed by atoms with Crippen LogP contribution >= 0.6 is 0 Å². The molecule has 21 heavy (non-hydrogen) atoms. The van der Waals surface area contributed by atoms with E-state index < -0.39 is 15.1 Å². The Bertz CT molecular complexity index is 606. The van der Waals surface area contributed by atoms with Gasteiger partial charge in [-0.3, -0.25) is 4.79 Å². The minimum atomic E-state index is -4.85. The molecule has 118 valence electrons. The summed E-state index contributed by atoms with van der Waals surface area (Å²) in [7, 11) is -4.85. The van der Waals surface area contributed by atoms with Crippen LogP contribution in [0.1, 0.15) is 40.5 Å². The minimum absolute atomic E-state index is 0.0204. The number of nitrogens with one attached hydrogen (secondary N) is 1. The van der Waals surface area contributed by atoms with Crippen molar-refractivity contribution in [3.63, 3.8) is 0 Å². The van der Waals surface area contributed by atoms with E-state index in [4.69, 9.17) is 0 Å². The number of anilines is 1. The van der Waals surface area contributed by atoms with Crippen molar-refractivity contribution < 1.29 is 17.1 Å².